The third-order valence-corrected chi connectivity index (χ3v) is 3.29. The van der Waals surface area contributed by atoms with Gasteiger partial charge in [0.15, 0.2) is 0 Å². The molecule has 0 fully saturated rings. The SMILES string of the molecule is CCCN(Cc1ccccc1)c1c(C)cccc1N. The van der Waals surface area contributed by atoms with Crippen LogP contribution in [0.25, 0.3) is 0 Å². The highest BCUT2D eigenvalue weighted by Crippen LogP contribution is 2.28. The molecular formula is C17H22N2. The highest BCUT2D eigenvalue weighted by molar-refractivity contribution is 5.71. The lowest BCUT2D eigenvalue weighted by molar-refractivity contribution is 0.766. The topological polar surface area (TPSA) is 29.3 Å². The van der Waals surface area contributed by atoms with Crippen molar-refractivity contribution in [2.45, 2.75) is 26.8 Å². The molecule has 0 aromatic heterocycles. The first-order chi connectivity index (χ1) is 9.22. The molecule has 0 aliphatic heterocycles. The van der Waals surface area contributed by atoms with Crippen LogP contribution in [0.1, 0.15) is 24.5 Å². The molecular weight excluding hydrogens is 232 g/mol. The summed E-state index contributed by atoms with van der Waals surface area (Å²) in [6.07, 6.45) is 1.11. The van der Waals surface area contributed by atoms with Crippen molar-refractivity contribution in [2.75, 3.05) is 17.2 Å². The van der Waals surface area contributed by atoms with Crippen LogP contribution in [0, 0.1) is 6.92 Å². The lowest BCUT2D eigenvalue weighted by Crippen LogP contribution is -2.25. The van der Waals surface area contributed by atoms with Crippen LogP contribution in [-0.2, 0) is 6.54 Å². The molecule has 0 bridgehead atoms. The highest BCUT2D eigenvalue weighted by Gasteiger charge is 2.12. The Bertz CT molecular complexity index is 500. The van der Waals surface area contributed by atoms with Crippen LogP contribution in [0.2, 0.25) is 0 Å². The van der Waals surface area contributed by atoms with E-state index in [2.05, 4.69) is 55.1 Å². The first-order valence-electron chi connectivity index (χ1n) is 6.86. The van der Waals surface area contributed by atoms with Gasteiger partial charge in [0.25, 0.3) is 0 Å². The monoisotopic (exact) mass is 254 g/mol. The van der Waals surface area contributed by atoms with Gasteiger partial charge in [-0.3, -0.25) is 0 Å². The van der Waals surface area contributed by atoms with Crippen molar-refractivity contribution in [1.29, 1.82) is 0 Å². The predicted octanol–water partition coefficient (Wildman–Crippen LogP) is 3.99. The van der Waals surface area contributed by atoms with Gasteiger partial charge in [-0.1, -0.05) is 49.4 Å². The van der Waals surface area contributed by atoms with E-state index in [1.54, 1.807) is 0 Å². The molecule has 0 atom stereocenters. The van der Waals surface area contributed by atoms with Gasteiger partial charge in [0.1, 0.15) is 0 Å². The lowest BCUT2D eigenvalue weighted by Gasteiger charge is -2.27. The zero-order chi connectivity index (χ0) is 13.7. The van der Waals surface area contributed by atoms with E-state index in [4.69, 9.17) is 5.73 Å². The van der Waals surface area contributed by atoms with Crippen molar-refractivity contribution in [1.82, 2.24) is 0 Å². The largest absolute Gasteiger partial charge is 0.397 e. The average molecular weight is 254 g/mol. The van der Waals surface area contributed by atoms with Gasteiger partial charge in [-0.15, -0.1) is 0 Å². The van der Waals surface area contributed by atoms with Gasteiger partial charge in [0.05, 0.1) is 11.4 Å². The van der Waals surface area contributed by atoms with Crippen LogP contribution in [0.5, 0.6) is 0 Å². The van der Waals surface area contributed by atoms with Crippen molar-refractivity contribution in [2.24, 2.45) is 0 Å². The van der Waals surface area contributed by atoms with E-state index in [1.165, 1.54) is 16.8 Å². The summed E-state index contributed by atoms with van der Waals surface area (Å²) in [5.74, 6) is 0. The summed E-state index contributed by atoms with van der Waals surface area (Å²) in [6, 6.07) is 16.7. The van der Waals surface area contributed by atoms with Crippen LogP contribution in [0.15, 0.2) is 48.5 Å². The molecule has 2 rings (SSSR count). The molecule has 0 radical (unpaired) electrons. The molecule has 100 valence electrons. The number of para-hydroxylation sites is 1. The second-order valence-electron chi connectivity index (χ2n) is 4.92. The van der Waals surface area contributed by atoms with E-state index in [0.29, 0.717) is 0 Å². The number of anilines is 2. The number of nitrogen functional groups attached to an aromatic ring is 1. The van der Waals surface area contributed by atoms with Crippen LogP contribution in [0.4, 0.5) is 11.4 Å². The minimum atomic E-state index is 0.865. The van der Waals surface area contributed by atoms with Crippen LogP contribution in [0.3, 0.4) is 0 Å². The summed E-state index contributed by atoms with van der Waals surface area (Å²) in [5.41, 5.74) is 10.8. The number of rotatable bonds is 5. The molecule has 2 N–H and O–H groups in total. The molecule has 2 nitrogen and oxygen atoms in total. The number of nitrogens with two attached hydrogens (primary N) is 1. The molecule has 2 aromatic rings. The first-order valence-corrected chi connectivity index (χ1v) is 6.86. The van der Waals surface area contributed by atoms with Crippen molar-refractivity contribution in [3.05, 3.63) is 59.7 Å². The standard InChI is InChI=1S/C17H22N2/c1-3-12-19(13-15-9-5-4-6-10-15)17-14(2)8-7-11-16(17)18/h4-11H,3,12-13,18H2,1-2H3. The number of hydrogen-bond acceptors (Lipinski definition) is 2. The smallest absolute Gasteiger partial charge is 0.0632 e. The number of nitrogens with zero attached hydrogens (tertiary/aromatic N) is 1. The predicted molar refractivity (Wildman–Crippen MR) is 83.4 cm³/mol. The van der Waals surface area contributed by atoms with Crippen LogP contribution >= 0.6 is 0 Å². The summed E-state index contributed by atoms with van der Waals surface area (Å²) < 4.78 is 0. The second kappa shape index (κ2) is 6.28. The summed E-state index contributed by atoms with van der Waals surface area (Å²) in [5, 5.41) is 0. The first kappa shape index (κ1) is 13.5. The summed E-state index contributed by atoms with van der Waals surface area (Å²) in [7, 11) is 0. The van der Waals surface area contributed by atoms with Gasteiger partial charge in [0.2, 0.25) is 0 Å². The molecule has 0 amide bonds. The summed E-state index contributed by atoms with van der Waals surface area (Å²) in [6.45, 7) is 6.25. The number of hydrogen-bond donors (Lipinski definition) is 1. The molecule has 0 aliphatic rings. The third-order valence-electron chi connectivity index (χ3n) is 3.29. The summed E-state index contributed by atoms with van der Waals surface area (Å²) >= 11 is 0. The molecule has 0 saturated carbocycles. The molecule has 2 aromatic carbocycles. The van der Waals surface area contributed by atoms with Crippen molar-refractivity contribution >= 4 is 11.4 Å². The van der Waals surface area contributed by atoms with Gasteiger partial charge in [-0.05, 0) is 30.5 Å². The zero-order valence-electron chi connectivity index (χ0n) is 11.8. The zero-order valence-corrected chi connectivity index (χ0v) is 11.8. The van der Waals surface area contributed by atoms with Gasteiger partial charge >= 0.3 is 0 Å². The van der Waals surface area contributed by atoms with Gasteiger partial charge in [-0.2, -0.15) is 0 Å². The van der Waals surface area contributed by atoms with Crippen molar-refractivity contribution in [3.8, 4) is 0 Å². The minimum Gasteiger partial charge on any atom is -0.397 e. The molecule has 0 unspecified atom stereocenters. The molecule has 0 heterocycles. The maximum Gasteiger partial charge on any atom is 0.0632 e. The van der Waals surface area contributed by atoms with E-state index in [9.17, 15) is 0 Å². The molecule has 19 heavy (non-hydrogen) atoms. The molecule has 0 aliphatic carbocycles. The Kier molecular flexibility index (Phi) is 4.45. The van der Waals surface area contributed by atoms with Gasteiger partial charge in [0, 0.05) is 13.1 Å². The Labute approximate surface area is 115 Å². The Hall–Kier alpha value is -1.96. The Morgan fingerprint density at radius 1 is 1.00 bits per heavy atom. The molecule has 0 saturated heterocycles. The number of benzene rings is 2. The Morgan fingerprint density at radius 2 is 1.74 bits per heavy atom. The molecule has 0 spiro atoms. The van der Waals surface area contributed by atoms with Gasteiger partial charge < -0.3 is 10.6 Å². The Balaban J connectivity index is 2.30. The Morgan fingerprint density at radius 3 is 2.37 bits per heavy atom. The van der Waals surface area contributed by atoms with Gasteiger partial charge in [-0.25, -0.2) is 0 Å². The fourth-order valence-electron chi connectivity index (χ4n) is 2.46. The second-order valence-corrected chi connectivity index (χ2v) is 4.92. The third kappa shape index (κ3) is 3.28. The van der Waals surface area contributed by atoms with E-state index in [-0.39, 0.29) is 0 Å². The highest BCUT2D eigenvalue weighted by atomic mass is 15.1. The maximum absolute atomic E-state index is 6.16. The average Bonchev–Trinajstić information content (AvgIpc) is 2.40. The van der Waals surface area contributed by atoms with Crippen LogP contribution < -0.4 is 10.6 Å². The van der Waals surface area contributed by atoms with E-state index >= 15 is 0 Å². The number of aryl methyl sites for hydroxylation is 1. The summed E-state index contributed by atoms with van der Waals surface area (Å²) in [4.78, 5) is 2.38. The van der Waals surface area contributed by atoms with E-state index in [1.807, 2.05) is 12.1 Å². The maximum atomic E-state index is 6.16. The normalized spacial score (nSPS) is 10.4. The quantitative estimate of drug-likeness (QED) is 0.817. The minimum absolute atomic E-state index is 0.865. The van der Waals surface area contributed by atoms with Crippen LogP contribution in [-0.4, -0.2) is 6.54 Å². The fraction of sp³-hybridized carbons (Fsp3) is 0.294. The lowest BCUT2D eigenvalue weighted by atomic mass is 10.1. The van der Waals surface area contributed by atoms with E-state index < -0.39 is 0 Å². The van der Waals surface area contributed by atoms with Crippen molar-refractivity contribution in [3.63, 3.8) is 0 Å². The van der Waals surface area contributed by atoms with E-state index in [0.717, 1.165) is 25.2 Å². The fourth-order valence-corrected chi connectivity index (χ4v) is 2.46. The molecule has 2 heteroatoms. The van der Waals surface area contributed by atoms with Crippen molar-refractivity contribution < 1.29 is 0 Å².